The molecule has 12 aliphatic carbocycles. The Hall–Kier alpha value is -0.0800. The Morgan fingerprint density at radius 2 is 0.468 bits per heavy atom. The van der Waals surface area contributed by atoms with Crippen molar-refractivity contribution in [2.45, 2.75) is 293 Å². The van der Waals surface area contributed by atoms with E-state index >= 15 is 0 Å². The van der Waals surface area contributed by atoms with Gasteiger partial charge in [-0.15, -0.1) is 0 Å². The molecule has 0 aromatic carbocycles. The van der Waals surface area contributed by atoms with Crippen LogP contribution in [0.15, 0.2) is 0 Å². The lowest BCUT2D eigenvalue weighted by Crippen LogP contribution is -2.61. The van der Waals surface area contributed by atoms with Gasteiger partial charge < -0.3 is 0 Å². The van der Waals surface area contributed by atoms with E-state index in [1.165, 1.54) is 38.5 Å². The topological polar surface area (TPSA) is 6.48 Å². The van der Waals surface area contributed by atoms with Gasteiger partial charge in [0.2, 0.25) is 0 Å². The van der Waals surface area contributed by atoms with E-state index in [0.717, 1.165) is 119 Å². The van der Waals surface area contributed by atoms with Crippen LogP contribution < -0.4 is 0 Å². The first-order chi connectivity index (χ1) is 30.8. The molecule has 0 N–H and O–H groups in total. The van der Waals surface area contributed by atoms with Crippen LogP contribution in [-0.4, -0.2) is 46.1 Å². The Morgan fingerprint density at radius 3 is 0.871 bits per heavy atom. The van der Waals surface area contributed by atoms with Crippen LogP contribution in [0.1, 0.15) is 257 Å². The van der Waals surface area contributed by atoms with E-state index in [4.69, 9.17) is 0 Å². The molecule has 0 aromatic heterocycles. The molecular formula is C60H100N2. The van der Waals surface area contributed by atoms with Crippen molar-refractivity contribution >= 4 is 0 Å². The van der Waals surface area contributed by atoms with Gasteiger partial charge in [-0.1, -0.05) is 103 Å². The maximum Gasteiger partial charge on any atom is 0.0135 e. The molecule has 12 fully saturated rings. The Labute approximate surface area is 384 Å². The second-order valence-electron chi connectivity index (χ2n) is 26.7. The van der Waals surface area contributed by atoms with Crippen LogP contribution in [0.4, 0.5) is 0 Å². The first-order valence-corrected chi connectivity index (χ1v) is 30.3. The van der Waals surface area contributed by atoms with Gasteiger partial charge in [-0.2, -0.15) is 0 Å². The fraction of sp³-hybridized carbons (Fsp3) is 1.00. The Bertz CT molecular complexity index is 1310. The molecule has 0 heterocycles. The quantitative estimate of drug-likeness (QED) is 0.252. The van der Waals surface area contributed by atoms with Crippen molar-refractivity contribution in [3.05, 3.63) is 0 Å². The zero-order chi connectivity index (χ0) is 41.0. The molecule has 62 heavy (non-hydrogen) atoms. The third-order valence-electron chi connectivity index (χ3n) is 24.5. The summed E-state index contributed by atoms with van der Waals surface area (Å²) in [5, 5.41) is 0. The molecule has 0 spiro atoms. The van der Waals surface area contributed by atoms with Crippen molar-refractivity contribution < 1.29 is 0 Å². The van der Waals surface area contributed by atoms with Crippen molar-refractivity contribution in [3.63, 3.8) is 0 Å². The monoisotopic (exact) mass is 849 g/mol. The fourth-order valence-electron chi connectivity index (χ4n) is 22.1. The SMILES string of the molecule is C1CCC(N(C2CCC(C3CCC(N(C4CCCCC4)C4CC5C6CCCCC6CCC5C5CCCCC54)CC3)CC2)C2CC3C4CCCCC4CCC3C3CCCCC32)CC1. The predicted molar refractivity (Wildman–Crippen MR) is 260 cm³/mol. The van der Waals surface area contributed by atoms with Gasteiger partial charge in [0, 0.05) is 36.3 Å². The summed E-state index contributed by atoms with van der Waals surface area (Å²) < 4.78 is 0. The van der Waals surface area contributed by atoms with Crippen LogP contribution in [-0.2, 0) is 0 Å². The van der Waals surface area contributed by atoms with E-state index in [-0.39, 0.29) is 0 Å². The Morgan fingerprint density at radius 1 is 0.177 bits per heavy atom. The maximum absolute atomic E-state index is 3.47. The lowest BCUT2D eigenvalue weighted by Gasteiger charge is -2.61. The van der Waals surface area contributed by atoms with Gasteiger partial charge in [-0.05, 0) is 237 Å². The first kappa shape index (κ1) is 43.2. The van der Waals surface area contributed by atoms with Gasteiger partial charge in [0.05, 0.1) is 0 Å². The molecule has 12 rings (SSSR count). The van der Waals surface area contributed by atoms with Crippen LogP contribution in [0.5, 0.6) is 0 Å². The summed E-state index contributed by atoms with van der Waals surface area (Å²) in [5.41, 5.74) is 0. The van der Waals surface area contributed by atoms with E-state index in [9.17, 15) is 0 Å². The minimum absolute atomic E-state index is 0.921. The third-order valence-corrected chi connectivity index (χ3v) is 24.5. The van der Waals surface area contributed by atoms with Gasteiger partial charge >= 0.3 is 0 Å². The smallest absolute Gasteiger partial charge is 0.0135 e. The molecule has 0 amide bonds. The summed E-state index contributed by atoms with van der Waals surface area (Å²) in [5.74, 6) is 15.2. The summed E-state index contributed by atoms with van der Waals surface area (Å²) >= 11 is 0. The van der Waals surface area contributed by atoms with Crippen LogP contribution in [0.2, 0.25) is 0 Å². The van der Waals surface area contributed by atoms with Gasteiger partial charge in [0.25, 0.3) is 0 Å². The molecule has 0 radical (unpaired) electrons. The maximum atomic E-state index is 3.47. The molecule has 0 aliphatic heterocycles. The van der Waals surface area contributed by atoms with Crippen LogP contribution in [0.25, 0.3) is 0 Å². The Kier molecular flexibility index (Phi) is 13.6. The van der Waals surface area contributed by atoms with Crippen molar-refractivity contribution in [2.24, 2.45) is 82.9 Å². The average molecular weight is 849 g/mol. The molecule has 14 unspecified atom stereocenters. The highest BCUT2D eigenvalue weighted by Gasteiger charge is 2.56. The van der Waals surface area contributed by atoms with E-state index in [1.807, 2.05) is 0 Å². The molecular weight excluding hydrogens is 749 g/mol. The zero-order valence-corrected chi connectivity index (χ0v) is 40.7. The summed E-state index contributed by atoms with van der Waals surface area (Å²) in [6.07, 6.45) is 62.9. The van der Waals surface area contributed by atoms with Gasteiger partial charge in [-0.25, -0.2) is 0 Å². The zero-order valence-electron chi connectivity index (χ0n) is 40.7. The molecule has 0 saturated heterocycles. The molecule has 0 bridgehead atoms. The van der Waals surface area contributed by atoms with Crippen molar-refractivity contribution in [3.8, 4) is 0 Å². The summed E-state index contributed by atoms with van der Waals surface area (Å²) in [4.78, 5) is 6.93. The van der Waals surface area contributed by atoms with E-state index in [0.29, 0.717) is 0 Å². The van der Waals surface area contributed by atoms with Crippen molar-refractivity contribution in [2.75, 3.05) is 0 Å². The largest absolute Gasteiger partial charge is 0.294 e. The van der Waals surface area contributed by atoms with Crippen LogP contribution in [0.3, 0.4) is 0 Å². The molecule has 350 valence electrons. The molecule has 12 aliphatic rings. The molecule has 2 nitrogen and oxygen atoms in total. The van der Waals surface area contributed by atoms with Crippen LogP contribution >= 0.6 is 0 Å². The highest BCUT2D eigenvalue weighted by Crippen LogP contribution is 2.61. The number of nitrogens with zero attached hydrogens (tertiary/aromatic N) is 2. The molecule has 12 saturated carbocycles. The van der Waals surface area contributed by atoms with Gasteiger partial charge in [-0.3, -0.25) is 9.80 Å². The summed E-state index contributed by atoms with van der Waals surface area (Å²) in [7, 11) is 0. The second kappa shape index (κ2) is 19.5. The molecule has 14 atom stereocenters. The number of rotatable bonds is 7. The van der Waals surface area contributed by atoms with E-state index < -0.39 is 0 Å². The lowest BCUT2D eigenvalue weighted by molar-refractivity contribution is -0.112. The van der Waals surface area contributed by atoms with E-state index in [2.05, 4.69) is 9.80 Å². The van der Waals surface area contributed by atoms with Crippen molar-refractivity contribution in [1.82, 2.24) is 9.80 Å². The standard InChI is InChI=1S/C60H100N2/c1-3-17-45(18-4-1)61(59-39-57-49-21-9-7-15-43(49)31-37-53(57)51-23-11-13-25-55(51)59)47-33-27-41(28-34-47)42-29-35-48(36-30-42)62(46-19-5-2-6-20-46)60-40-58-50-22-10-8-16-44(50)32-38-54(58)52-24-12-14-26-56(52)60/h41-60H,1-40H2. The fourth-order valence-corrected chi connectivity index (χ4v) is 22.1. The van der Waals surface area contributed by atoms with Gasteiger partial charge in [0.15, 0.2) is 0 Å². The third kappa shape index (κ3) is 8.34. The second-order valence-corrected chi connectivity index (χ2v) is 26.7. The minimum Gasteiger partial charge on any atom is -0.294 e. The average Bonchev–Trinajstić information content (AvgIpc) is 3.35. The summed E-state index contributed by atoms with van der Waals surface area (Å²) in [6.45, 7) is 0. The normalized spacial score (nSPS) is 49.5. The highest BCUT2D eigenvalue weighted by atomic mass is 15.2. The van der Waals surface area contributed by atoms with E-state index in [1.54, 1.807) is 218 Å². The first-order valence-electron chi connectivity index (χ1n) is 30.3. The predicted octanol–water partition coefficient (Wildman–Crippen LogP) is 16.2. The molecule has 2 heteroatoms. The number of hydrogen-bond donors (Lipinski definition) is 0. The number of fused-ring (bicyclic) bond motifs is 10. The highest BCUT2D eigenvalue weighted by molar-refractivity contribution is 5.07. The van der Waals surface area contributed by atoms with Crippen molar-refractivity contribution in [1.29, 1.82) is 0 Å². The minimum atomic E-state index is 0.921. The van der Waals surface area contributed by atoms with Gasteiger partial charge in [0.1, 0.15) is 0 Å². The van der Waals surface area contributed by atoms with Crippen LogP contribution in [0, 0.1) is 82.9 Å². The number of hydrogen-bond acceptors (Lipinski definition) is 2. The summed E-state index contributed by atoms with van der Waals surface area (Å²) in [6, 6.07) is 5.60. The Balaban J connectivity index is 0.737. The lowest BCUT2D eigenvalue weighted by atomic mass is 9.50. The molecule has 0 aromatic rings.